The number of amides is 1. The Hall–Kier alpha value is -0.970. The molecular formula is C13H18Cl2N2O2. The van der Waals surface area contributed by atoms with Crippen molar-refractivity contribution < 1.29 is 9.53 Å². The molecule has 106 valence electrons. The van der Waals surface area contributed by atoms with E-state index in [1.54, 1.807) is 6.07 Å². The molecule has 0 spiro atoms. The van der Waals surface area contributed by atoms with E-state index in [-0.39, 0.29) is 18.3 Å². The molecule has 0 aromatic heterocycles. The summed E-state index contributed by atoms with van der Waals surface area (Å²) in [7, 11) is 0. The summed E-state index contributed by atoms with van der Waals surface area (Å²) in [4.78, 5) is 12.0. The van der Waals surface area contributed by atoms with Crippen LogP contribution < -0.4 is 15.4 Å². The highest BCUT2D eigenvalue weighted by Crippen LogP contribution is 2.32. The van der Waals surface area contributed by atoms with Crippen molar-refractivity contribution in [2.75, 3.05) is 26.2 Å². The quantitative estimate of drug-likeness (QED) is 0.819. The highest BCUT2D eigenvalue weighted by atomic mass is 35.5. The molecule has 2 N–H and O–H groups in total. The minimum absolute atomic E-state index is 0. The topological polar surface area (TPSA) is 50.4 Å². The van der Waals surface area contributed by atoms with Crippen LogP contribution in [0.25, 0.3) is 0 Å². The Morgan fingerprint density at radius 1 is 1.42 bits per heavy atom. The third kappa shape index (κ3) is 4.00. The van der Waals surface area contributed by atoms with Crippen LogP contribution in [-0.4, -0.2) is 32.1 Å². The van der Waals surface area contributed by atoms with Crippen LogP contribution in [0.1, 0.15) is 22.8 Å². The normalized spacial score (nSPS) is 12.3. The average Bonchev–Trinajstić information content (AvgIpc) is 2.81. The fourth-order valence-corrected chi connectivity index (χ4v) is 2.22. The summed E-state index contributed by atoms with van der Waals surface area (Å²) in [6.45, 7) is 4.89. The van der Waals surface area contributed by atoms with E-state index in [0.29, 0.717) is 29.5 Å². The maximum absolute atomic E-state index is 12.0. The Labute approximate surface area is 124 Å². The van der Waals surface area contributed by atoms with Gasteiger partial charge in [-0.1, -0.05) is 18.5 Å². The van der Waals surface area contributed by atoms with E-state index >= 15 is 0 Å². The van der Waals surface area contributed by atoms with E-state index in [1.165, 1.54) is 0 Å². The summed E-state index contributed by atoms with van der Waals surface area (Å²) >= 11 is 6.01. The fraction of sp³-hybridized carbons (Fsp3) is 0.462. The number of likely N-dealkylation sites (N-methyl/N-ethyl adjacent to an activating group) is 1. The number of rotatable bonds is 5. The van der Waals surface area contributed by atoms with Gasteiger partial charge in [0.25, 0.3) is 5.91 Å². The molecule has 0 bridgehead atoms. The van der Waals surface area contributed by atoms with Crippen molar-refractivity contribution in [1.82, 2.24) is 10.6 Å². The number of carbonyl (C=O) groups excluding carboxylic acids is 1. The summed E-state index contributed by atoms with van der Waals surface area (Å²) < 4.78 is 5.50. The molecule has 0 fully saturated rings. The Morgan fingerprint density at radius 2 is 2.21 bits per heavy atom. The molecule has 1 aromatic carbocycles. The third-order valence-electron chi connectivity index (χ3n) is 2.83. The van der Waals surface area contributed by atoms with Crippen LogP contribution in [0.4, 0.5) is 0 Å². The van der Waals surface area contributed by atoms with Gasteiger partial charge in [0.1, 0.15) is 5.75 Å². The van der Waals surface area contributed by atoms with Gasteiger partial charge in [-0.15, -0.1) is 12.4 Å². The third-order valence-corrected chi connectivity index (χ3v) is 3.05. The zero-order valence-electron chi connectivity index (χ0n) is 10.8. The lowest BCUT2D eigenvalue weighted by atomic mass is 10.1. The van der Waals surface area contributed by atoms with Crippen molar-refractivity contribution >= 4 is 29.9 Å². The van der Waals surface area contributed by atoms with Crippen molar-refractivity contribution in [3.05, 3.63) is 28.3 Å². The first-order valence-corrected chi connectivity index (χ1v) is 6.54. The molecule has 1 amide bonds. The van der Waals surface area contributed by atoms with E-state index in [0.717, 1.165) is 25.1 Å². The molecule has 1 aliphatic heterocycles. The molecular weight excluding hydrogens is 287 g/mol. The molecule has 0 unspecified atom stereocenters. The van der Waals surface area contributed by atoms with Gasteiger partial charge in [-0.05, 0) is 24.2 Å². The standard InChI is InChI=1S/C13H17ClN2O2.ClH/c1-2-15-4-5-16-13(17)11-8-10(14)7-9-3-6-18-12(9)11;/h7-8,15H,2-6H2,1H3,(H,16,17);1H. The van der Waals surface area contributed by atoms with Crippen LogP contribution in [0.15, 0.2) is 12.1 Å². The predicted molar refractivity (Wildman–Crippen MR) is 78.8 cm³/mol. The molecule has 0 saturated carbocycles. The largest absolute Gasteiger partial charge is 0.492 e. The molecule has 0 radical (unpaired) electrons. The Bertz CT molecular complexity index is 453. The fourth-order valence-electron chi connectivity index (χ4n) is 1.97. The van der Waals surface area contributed by atoms with Crippen molar-refractivity contribution in [1.29, 1.82) is 0 Å². The van der Waals surface area contributed by atoms with Crippen LogP contribution in [-0.2, 0) is 6.42 Å². The minimum atomic E-state index is -0.131. The van der Waals surface area contributed by atoms with Gasteiger partial charge in [-0.25, -0.2) is 0 Å². The first-order valence-electron chi connectivity index (χ1n) is 6.16. The second-order valence-electron chi connectivity index (χ2n) is 4.15. The number of fused-ring (bicyclic) bond motifs is 1. The van der Waals surface area contributed by atoms with Crippen molar-refractivity contribution in [3.63, 3.8) is 0 Å². The van der Waals surface area contributed by atoms with E-state index in [9.17, 15) is 4.79 Å². The second-order valence-corrected chi connectivity index (χ2v) is 4.59. The van der Waals surface area contributed by atoms with Gasteiger partial charge < -0.3 is 15.4 Å². The van der Waals surface area contributed by atoms with Crippen LogP contribution >= 0.6 is 24.0 Å². The summed E-state index contributed by atoms with van der Waals surface area (Å²) in [5.74, 6) is 0.550. The summed E-state index contributed by atoms with van der Waals surface area (Å²) in [6.07, 6.45) is 0.813. The average molecular weight is 305 g/mol. The molecule has 1 aromatic rings. The number of halogens is 2. The molecule has 2 rings (SSSR count). The highest BCUT2D eigenvalue weighted by Gasteiger charge is 2.21. The Balaban J connectivity index is 0.00000180. The van der Waals surface area contributed by atoms with Crippen molar-refractivity contribution in [2.24, 2.45) is 0 Å². The van der Waals surface area contributed by atoms with Gasteiger partial charge in [0.05, 0.1) is 12.2 Å². The lowest BCUT2D eigenvalue weighted by Crippen LogP contribution is -2.31. The van der Waals surface area contributed by atoms with Crippen LogP contribution in [0.5, 0.6) is 5.75 Å². The smallest absolute Gasteiger partial charge is 0.255 e. The first-order chi connectivity index (χ1) is 8.72. The van der Waals surface area contributed by atoms with Gasteiger partial charge in [0.15, 0.2) is 0 Å². The second kappa shape index (κ2) is 7.58. The van der Waals surface area contributed by atoms with Gasteiger partial charge >= 0.3 is 0 Å². The summed E-state index contributed by atoms with van der Waals surface area (Å²) in [6, 6.07) is 3.52. The number of benzene rings is 1. The van der Waals surface area contributed by atoms with Gasteiger partial charge in [-0.2, -0.15) is 0 Å². The zero-order chi connectivity index (χ0) is 13.0. The molecule has 0 saturated heterocycles. The van der Waals surface area contributed by atoms with E-state index < -0.39 is 0 Å². The van der Waals surface area contributed by atoms with E-state index in [4.69, 9.17) is 16.3 Å². The van der Waals surface area contributed by atoms with Crippen LogP contribution in [0.2, 0.25) is 5.02 Å². The van der Waals surface area contributed by atoms with Crippen LogP contribution in [0, 0.1) is 0 Å². The van der Waals surface area contributed by atoms with Gasteiger partial charge in [0.2, 0.25) is 0 Å². The first kappa shape index (κ1) is 16.1. The Morgan fingerprint density at radius 3 is 2.95 bits per heavy atom. The number of nitrogens with one attached hydrogen (secondary N) is 2. The summed E-state index contributed by atoms with van der Waals surface area (Å²) in [5.41, 5.74) is 1.55. The molecule has 0 aliphatic carbocycles. The van der Waals surface area contributed by atoms with Gasteiger partial charge in [-0.3, -0.25) is 4.79 Å². The molecule has 4 nitrogen and oxygen atoms in total. The van der Waals surface area contributed by atoms with E-state index in [1.807, 2.05) is 13.0 Å². The minimum Gasteiger partial charge on any atom is -0.492 e. The molecule has 1 aliphatic rings. The lowest BCUT2D eigenvalue weighted by Gasteiger charge is -2.10. The van der Waals surface area contributed by atoms with Gasteiger partial charge in [0, 0.05) is 24.5 Å². The number of carbonyl (C=O) groups is 1. The van der Waals surface area contributed by atoms with Crippen molar-refractivity contribution in [2.45, 2.75) is 13.3 Å². The van der Waals surface area contributed by atoms with Crippen molar-refractivity contribution in [3.8, 4) is 5.75 Å². The molecule has 19 heavy (non-hydrogen) atoms. The lowest BCUT2D eigenvalue weighted by molar-refractivity contribution is 0.0951. The maximum Gasteiger partial charge on any atom is 0.255 e. The molecule has 6 heteroatoms. The predicted octanol–water partition coefficient (Wildman–Crippen LogP) is 2.04. The Kier molecular flexibility index (Phi) is 6.42. The van der Waals surface area contributed by atoms with E-state index in [2.05, 4.69) is 10.6 Å². The number of ether oxygens (including phenoxy) is 1. The number of hydrogen-bond acceptors (Lipinski definition) is 3. The monoisotopic (exact) mass is 304 g/mol. The highest BCUT2D eigenvalue weighted by molar-refractivity contribution is 6.31. The SMILES string of the molecule is CCNCCNC(=O)c1cc(Cl)cc2c1OCC2.Cl. The van der Waals surface area contributed by atoms with Crippen LogP contribution in [0.3, 0.4) is 0 Å². The zero-order valence-corrected chi connectivity index (χ0v) is 12.4. The maximum atomic E-state index is 12.0. The number of hydrogen-bond donors (Lipinski definition) is 2. The molecule has 1 heterocycles. The summed E-state index contributed by atoms with van der Waals surface area (Å²) in [5, 5.41) is 6.58. The molecule has 0 atom stereocenters.